The van der Waals surface area contributed by atoms with Gasteiger partial charge in [0.25, 0.3) is 0 Å². The van der Waals surface area contributed by atoms with Crippen LogP contribution in [0.1, 0.15) is 87.6 Å². The molecule has 12 heteroatoms. The Kier molecular flexibility index (Phi) is 14.1. The summed E-state index contributed by atoms with van der Waals surface area (Å²) in [5.74, 6) is -1.27. The Labute approximate surface area is 268 Å². The maximum absolute atomic E-state index is 13.8. The molecular weight excluding hydrogens is 572 g/mol. The largest absolute Gasteiger partial charge is 0.373 e. The van der Waals surface area contributed by atoms with Gasteiger partial charge in [0.1, 0.15) is 24.2 Å². The molecule has 1 aromatic carbocycles. The van der Waals surface area contributed by atoms with Crippen LogP contribution in [-0.4, -0.2) is 78.3 Å². The molecule has 1 fully saturated rings. The van der Waals surface area contributed by atoms with E-state index in [9.17, 15) is 19.2 Å². The number of amides is 4. The Morgan fingerprint density at radius 3 is 2.02 bits per heavy atom. The molecule has 8 N–H and O–H groups in total. The summed E-state index contributed by atoms with van der Waals surface area (Å²) >= 11 is 0. The molecule has 4 atom stereocenters. The number of carbonyl (C=O) groups excluding carboxylic acids is 4. The number of aliphatic imine (C=N–C) groups is 1. The Balaban J connectivity index is 2.26. The van der Waals surface area contributed by atoms with Crippen LogP contribution in [0.3, 0.4) is 0 Å². The minimum atomic E-state index is -0.910. The fourth-order valence-corrected chi connectivity index (χ4v) is 5.83. The number of guanidine groups is 1. The molecule has 4 amide bonds. The van der Waals surface area contributed by atoms with Crippen LogP contribution in [-0.2, 0) is 19.2 Å². The van der Waals surface area contributed by atoms with E-state index < -0.39 is 30.1 Å². The SMILES string of the molecule is CCNC(=O)[C@@H]1CCCN1C(=O)[C@H](CCCN=C(N)N)NC(=O)[C@H](CC(C)C)NC(=O)[C@H](C)Nc1c(C)c(C)c(C)c(C)c1C. The van der Waals surface area contributed by atoms with E-state index in [1.807, 2.05) is 34.6 Å². The van der Waals surface area contributed by atoms with Crippen molar-refractivity contribution in [1.29, 1.82) is 0 Å². The van der Waals surface area contributed by atoms with Gasteiger partial charge in [0.15, 0.2) is 5.96 Å². The molecule has 0 radical (unpaired) electrons. The fraction of sp³-hybridized carbons (Fsp3) is 0.667. The third-order valence-electron chi connectivity index (χ3n) is 8.84. The van der Waals surface area contributed by atoms with Crippen LogP contribution in [0.4, 0.5) is 5.69 Å². The summed E-state index contributed by atoms with van der Waals surface area (Å²) in [6, 6.07) is -2.98. The highest BCUT2D eigenvalue weighted by molar-refractivity contribution is 5.95. The van der Waals surface area contributed by atoms with Crippen molar-refractivity contribution in [2.45, 2.75) is 119 Å². The van der Waals surface area contributed by atoms with Gasteiger partial charge in [0.2, 0.25) is 23.6 Å². The minimum Gasteiger partial charge on any atom is -0.373 e. The van der Waals surface area contributed by atoms with Crippen molar-refractivity contribution in [2.75, 3.05) is 25.0 Å². The first-order valence-electron chi connectivity index (χ1n) is 16.2. The Bertz CT molecular complexity index is 1230. The molecular formula is C33H56N8O4. The predicted molar refractivity (Wildman–Crippen MR) is 180 cm³/mol. The van der Waals surface area contributed by atoms with Gasteiger partial charge in [-0.2, -0.15) is 0 Å². The predicted octanol–water partition coefficient (Wildman–Crippen LogP) is 2.23. The van der Waals surface area contributed by atoms with Crippen molar-refractivity contribution in [1.82, 2.24) is 20.9 Å². The van der Waals surface area contributed by atoms with Crippen LogP contribution >= 0.6 is 0 Å². The van der Waals surface area contributed by atoms with Crippen molar-refractivity contribution in [3.63, 3.8) is 0 Å². The zero-order valence-electron chi connectivity index (χ0n) is 28.7. The summed E-state index contributed by atoms with van der Waals surface area (Å²) in [4.78, 5) is 59.3. The van der Waals surface area contributed by atoms with E-state index in [4.69, 9.17) is 11.5 Å². The van der Waals surface area contributed by atoms with Crippen LogP contribution in [0.15, 0.2) is 4.99 Å². The Morgan fingerprint density at radius 2 is 1.47 bits per heavy atom. The van der Waals surface area contributed by atoms with Crippen LogP contribution in [0.2, 0.25) is 0 Å². The number of anilines is 1. The second kappa shape index (κ2) is 17.0. The van der Waals surface area contributed by atoms with E-state index in [1.54, 1.807) is 11.8 Å². The molecule has 252 valence electrons. The first-order chi connectivity index (χ1) is 21.1. The quantitative estimate of drug-likeness (QED) is 0.0977. The molecule has 12 nitrogen and oxygen atoms in total. The van der Waals surface area contributed by atoms with E-state index in [-0.39, 0.29) is 42.6 Å². The van der Waals surface area contributed by atoms with Crippen molar-refractivity contribution in [3.05, 3.63) is 27.8 Å². The van der Waals surface area contributed by atoms with E-state index >= 15 is 0 Å². The average Bonchev–Trinajstić information content (AvgIpc) is 3.48. The van der Waals surface area contributed by atoms with Crippen LogP contribution < -0.4 is 32.7 Å². The van der Waals surface area contributed by atoms with Crippen LogP contribution in [0, 0.1) is 40.5 Å². The third-order valence-corrected chi connectivity index (χ3v) is 8.84. The number of likely N-dealkylation sites (N-methyl/N-ethyl adjacent to an activating group) is 1. The third kappa shape index (κ3) is 10.1. The molecule has 45 heavy (non-hydrogen) atoms. The number of nitrogens with two attached hydrogens (primary N) is 2. The number of benzene rings is 1. The normalized spacial score (nSPS) is 16.5. The van der Waals surface area contributed by atoms with Crippen molar-refractivity contribution >= 4 is 35.3 Å². The lowest BCUT2D eigenvalue weighted by Crippen LogP contribution is -2.57. The molecule has 1 aromatic rings. The second-order valence-electron chi connectivity index (χ2n) is 12.7. The van der Waals surface area contributed by atoms with Gasteiger partial charge in [-0.1, -0.05) is 13.8 Å². The molecule has 2 rings (SSSR count). The highest BCUT2D eigenvalue weighted by Crippen LogP contribution is 2.30. The van der Waals surface area contributed by atoms with E-state index in [0.717, 1.165) is 16.8 Å². The number of carbonyl (C=O) groups is 4. The van der Waals surface area contributed by atoms with Gasteiger partial charge in [0, 0.05) is 25.3 Å². The minimum absolute atomic E-state index is 0.0541. The Morgan fingerprint density at radius 1 is 0.889 bits per heavy atom. The van der Waals surface area contributed by atoms with Crippen molar-refractivity contribution in [3.8, 4) is 0 Å². The lowest BCUT2D eigenvalue weighted by atomic mass is 9.92. The van der Waals surface area contributed by atoms with Gasteiger partial charge in [-0.05, 0) is 114 Å². The van der Waals surface area contributed by atoms with Gasteiger partial charge < -0.3 is 37.6 Å². The fourth-order valence-electron chi connectivity index (χ4n) is 5.83. The maximum atomic E-state index is 13.8. The molecule has 0 aliphatic carbocycles. The Hall–Kier alpha value is -3.83. The van der Waals surface area contributed by atoms with Gasteiger partial charge in [-0.3, -0.25) is 24.2 Å². The highest BCUT2D eigenvalue weighted by atomic mass is 16.2. The lowest BCUT2D eigenvalue weighted by Gasteiger charge is -2.30. The van der Waals surface area contributed by atoms with E-state index in [1.165, 1.54) is 16.7 Å². The summed E-state index contributed by atoms with van der Waals surface area (Å²) in [5.41, 5.74) is 17.6. The van der Waals surface area contributed by atoms with Crippen LogP contribution in [0.25, 0.3) is 0 Å². The van der Waals surface area contributed by atoms with Crippen molar-refractivity contribution < 1.29 is 19.2 Å². The smallest absolute Gasteiger partial charge is 0.245 e. The number of likely N-dealkylation sites (tertiary alicyclic amines) is 1. The van der Waals surface area contributed by atoms with Gasteiger partial charge in [-0.25, -0.2) is 0 Å². The standard InChI is InChI=1S/C33H56N8O4/c1-10-36-31(44)27-14-12-16-41(27)32(45)25(13-11-15-37-33(34)35)39-30(43)26(17-18(2)3)40-29(42)24(9)38-28-22(7)20(5)19(4)21(6)23(28)8/h18,24-27,38H,10-17H2,1-9H3,(H,36,44)(H,39,43)(H,40,42)(H4,34,35,37)/t24-,25-,26-,27-/m0/s1. The summed E-state index contributed by atoms with van der Waals surface area (Å²) in [5, 5.41) is 12.0. The molecule has 0 unspecified atom stereocenters. The first kappa shape index (κ1) is 37.4. The molecule has 0 aromatic heterocycles. The number of rotatable bonds is 15. The molecule has 0 spiro atoms. The molecule has 1 heterocycles. The molecule has 1 aliphatic heterocycles. The number of nitrogens with one attached hydrogen (secondary N) is 4. The molecule has 1 saturated heterocycles. The highest BCUT2D eigenvalue weighted by Gasteiger charge is 2.38. The summed E-state index contributed by atoms with van der Waals surface area (Å²) in [7, 11) is 0. The number of nitrogens with zero attached hydrogens (tertiary/aromatic N) is 2. The topological polar surface area (TPSA) is 184 Å². The molecule has 0 saturated carbocycles. The average molecular weight is 629 g/mol. The number of hydrogen-bond acceptors (Lipinski definition) is 6. The maximum Gasteiger partial charge on any atom is 0.245 e. The summed E-state index contributed by atoms with van der Waals surface area (Å²) in [6.07, 6.45) is 2.33. The zero-order chi connectivity index (χ0) is 34.0. The van der Waals surface area contributed by atoms with Gasteiger partial charge >= 0.3 is 0 Å². The van der Waals surface area contributed by atoms with E-state index in [2.05, 4.69) is 47.0 Å². The van der Waals surface area contributed by atoms with E-state index in [0.29, 0.717) is 38.8 Å². The zero-order valence-corrected chi connectivity index (χ0v) is 28.7. The second-order valence-corrected chi connectivity index (χ2v) is 12.7. The van der Waals surface area contributed by atoms with Crippen LogP contribution in [0.5, 0.6) is 0 Å². The number of hydrogen-bond donors (Lipinski definition) is 6. The van der Waals surface area contributed by atoms with Gasteiger partial charge in [-0.15, -0.1) is 0 Å². The lowest BCUT2D eigenvalue weighted by molar-refractivity contribution is -0.142. The first-order valence-corrected chi connectivity index (χ1v) is 16.2. The molecule has 1 aliphatic rings. The molecule has 0 bridgehead atoms. The summed E-state index contributed by atoms with van der Waals surface area (Å²) in [6.45, 7) is 19.0. The van der Waals surface area contributed by atoms with Crippen molar-refractivity contribution in [2.24, 2.45) is 22.4 Å². The van der Waals surface area contributed by atoms with Gasteiger partial charge in [0.05, 0.1) is 0 Å². The monoisotopic (exact) mass is 628 g/mol. The summed E-state index contributed by atoms with van der Waals surface area (Å²) < 4.78 is 0.